The van der Waals surface area contributed by atoms with E-state index in [1.165, 1.54) is 5.69 Å². The van der Waals surface area contributed by atoms with Crippen molar-refractivity contribution in [3.8, 4) is 0 Å². The van der Waals surface area contributed by atoms with Crippen LogP contribution in [0, 0.1) is 6.92 Å². The molecule has 0 aliphatic rings. The lowest BCUT2D eigenvalue weighted by atomic mass is 10.3. The maximum atomic E-state index is 5.49. The molecule has 0 bridgehead atoms. The SMILES string of the molecule is Cc1cc(CNCCOCCN(C)C)n(C)n1. The van der Waals surface area contributed by atoms with Crippen molar-refractivity contribution in [1.82, 2.24) is 20.0 Å². The summed E-state index contributed by atoms with van der Waals surface area (Å²) in [4.78, 5) is 2.12. The van der Waals surface area contributed by atoms with Crippen LogP contribution in [-0.4, -0.2) is 55.1 Å². The van der Waals surface area contributed by atoms with Crippen molar-refractivity contribution in [1.29, 1.82) is 0 Å². The van der Waals surface area contributed by atoms with E-state index in [9.17, 15) is 0 Å². The van der Waals surface area contributed by atoms with Crippen LogP contribution < -0.4 is 5.32 Å². The lowest BCUT2D eigenvalue weighted by Crippen LogP contribution is -2.23. The zero-order valence-corrected chi connectivity index (χ0v) is 11.4. The Morgan fingerprint density at radius 3 is 2.76 bits per heavy atom. The molecule has 1 heterocycles. The van der Waals surface area contributed by atoms with Gasteiger partial charge in [-0.15, -0.1) is 0 Å². The summed E-state index contributed by atoms with van der Waals surface area (Å²) >= 11 is 0. The smallest absolute Gasteiger partial charge is 0.0597 e. The van der Waals surface area contributed by atoms with Gasteiger partial charge in [0.1, 0.15) is 0 Å². The van der Waals surface area contributed by atoms with Crippen molar-refractivity contribution in [2.45, 2.75) is 13.5 Å². The van der Waals surface area contributed by atoms with E-state index >= 15 is 0 Å². The van der Waals surface area contributed by atoms with E-state index in [1.807, 2.05) is 32.7 Å². The zero-order valence-electron chi connectivity index (χ0n) is 11.4. The third-order valence-electron chi connectivity index (χ3n) is 2.51. The Morgan fingerprint density at radius 2 is 2.18 bits per heavy atom. The first-order chi connectivity index (χ1) is 8.09. The van der Waals surface area contributed by atoms with E-state index in [0.717, 1.165) is 38.5 Å². The average molecular weight is 240 g/mol. The number of hydrogen-bond acceptors (Lipinski definition) is 4. The van der Waals surface area contributed by atoms with Gasteiger partial charge in [-0.05, 0) is 27.1 Å². The Hall–Kier alpha value is -0.910. The molecule has 0 aliphatic heterocycles. The fourth-order valence-corrected chi connectivity index (χ4v) is 1.54. The van der Waals surface area contributed by atoms with Gasteiger partial charge in [0.15, 0.2) is 0 Å². The highest BCUT2D eigenvalue weighted by atomic mass is 16.5. The van der Waals surface area contributed by atoms with E-state index in [-0.39, 0.29) is 0 Å². The predicted molar refractivity (Wildman–Crippen MR) is 69.0 cm³/mol. The van der Waals surface area contributed by atoms with Crippen molar-refractivity contribution in [2.24, 2.45) is 7.05 Å². The average Bonchev–Trinajstić information content (AvgIpc) is 2.55. The van der Waals surface area contributed by atoms with Crippen LogP contribution >= 0.6 is 0 Å². The summed E-state index contributed by atoms with van der Waals surface area (Å²) in [6, 6.07) is 2.10. The number of likely N-dealkylation sites (N-methyl/N-ethyl adjacent to an activating group) is 1. The standard InChI is InChI=1S/C12H24N4O/c1-11-9-12(16(4)14-11)10-13-5-7-17-8-6-15(2)3/h9,13H,5-8,10H2,1-4H3. The first kappa shape index (κ1) is 14.2. The van der Waals surface area contributed by atoms with Crippen LogP contribution in [0.25, 0.3) is 0 Å². The third kappa shape index (κ3) is 5.81. The fourth-order valence-electron chi connectivity index (χ4n) is 1.54. The van der Waals surface area contributed by atoms with Crippen LogP contribution in [0.5, 0.6) is 0 Å². The summed E-state index contributed by atoms with van der Waals surface area (Å²) in [5.74, 6) is 0. The number of rotatable bonds is 8. The van der Waals surface area contributed by atoms with Gasteiger partial charge in [0.2, 0.25) is 0 Å². The number of nitrogens with zero attached hydrogens (tertiary/aromatic N) is 3. The van der Waals surface area contributed by atoms with E-state index in [4.69, 9.17) is 4.74 Å². The maximum Gasteiger partial charge on any atom is 0.0597 e. The Morgan fingerprint density at radius 1 is 1.41 bits per heavy atom. The van der Waals surface area contributed by atoms with Gasteiger partial charge in [0.05, 0.1) is 24.6 Å². The van der Waals surface area contributed by atoms with Crippen LogP contribution in [0.3, 0.4) is 0 Å². The van der Waals surface area contributed by atoms with E-state index in [2.05, 4.69) is 21.4 Å². The lowest BCUT2D eigenvalue weighted by Gasteiger charge is -2.10. The number of aryl methyl sites for hydroxylation is 2. The molecule has 0 atom stereocenters. The van der Waals surface area contributed by atoms with Crippen molar-refractivity contribution >= 4 is 0 Å². The summed E-state index contributed by atoms with van der Waals surface area (Å²) < 4.78 is 7.40. The minimum absolute atomic E-state index is 0.755. The molecular weight excluding hydrogens is 216 g/mol. The molecule has 0 amide bonds. The van der Waals surface area contributed by atoms with Gasteiger partial charge in [0, 0.05) is 26.7 Å². The number of aromatic nitrogens is 2. The third-order valence-corrected chi connectivity index (χ3v) is 2.51. The van der Waals surface area contributed by atoms with Crippen LogP contribution in [0.1, 0.15) is 11.4 Å². The summed E-state index contributed by atoms with van der Waals surface area (Å²) in [5.41, 5.74) is 2.27. The van der Waals surface area contributed by atoms with Gasteiger partial charge in [0.25, 0.3) is 0 Å². The molecule has 98 valence electrons. The predicted octanol–water partition coefficient (Wildman–Crippen LogP) is 0.396. The molecule has 1 N–H and O–H groups in total. The van der Waals surface area contributed by atoms with Crippen LogP contribution in [-0.2, 0) is 18.3 Å². The molecule has 0 unspecified atom stereocenters. The number of nitrogens with one attached hydrogen (secondary N) is 1. The molecule has 1 rings (SSSR count). The fraction of sp³-hybridized carbons (Fsp3) is 0.750. The Labute approximate surface area is 104 Å². The van der Waals surface area contributed by atoms with Gasteiger partial charge in [-0.2, -0.15) is 5.10 Å². The first-order valence-electron chi connectivity index (χ1n) is 6.02. The second-order valence-electron chi connectivity index (χ2n) is 4.49. The maximum absolute atomic E-state index is 5.49. The molecule has 1 aromatic rings. The van der Waals surface area contributed by atoms with Crippen LogP contribution in [0.15, 0.2) is 6.07 Å². The monoisotopic (exact) mass is 240 g/mol. The Kier molecular flexibility index (Phi) is 6.18. The number of hydrogen-bond donors (Lipinski definition) is 1. The number of ether oxygens (including phenoxy) is 1. The van der Waals surface area contributed by atoms with Crippen molar-refractivity contribution < 1.29 is 4.74 Å². The molecule has 0 radical (unpaired) electrons. The molecule has 0 spiro atoms. The minimum atomic E-state index is 0.755. The summed E-state index contributed by atoms with van der Waals surface area (Å²) in [5, 5.41) is 7.64. The van der Waals surface area contributed by atoms with Crippen molar-refractivity contribution in [2.75, 3.05) is 40.4 Å². The van der Waals surface area contributed by atoms with Gasteiger partial charge in [-0.3, -0.25) is 4.68 Å². The molecular formula is C12H24N4O. The zero-order chi connectivity index (χ0) is 12.7. The Balaban J connectivity index is 2.03. The highest BCUT2D eigenvalue weighted by molar-refractivity contribution is 5.08. The molecule has 1 aromatic heterocycles. The summed E-state index contributed by atoms with van der Waals surface area (Å²) in [6.45, 7) is 6.24. The van der Waals surface area contributed by atoms with E-state index < -0.39 is 0 Å². The van der Waals surface area contributed by atoms with Crippen LogP contribution in [0.4, 0.5) is 0 Å². The van der Waals surface area contributed by atoms with Crippen LogP contribution in [0.2, 0.25) is 0 Å². The summed E-state index contributed by atoms with van der Waals surface area (Å²) in [6.07, 6.45) is 0. The van der Waals surface area contributed by atoms with E-state index in [1.54, 1.807) is 0 Å². The highest BCUT2D eigenvalue weighted by Crippen LogP contribution is 2.00. The second kappa shape index (κ2) is 7.42. The topological polar surface area (TPSA) is 42.3 Å². The van der Waals surface area contributed by atoms with Gasteiger partial charge < -0.3 is 15.0 Å². The largest absolute Gasteiger partial charge is 0.379 e. The molecule has 5 heteroatoms. The summed E-state index contributed by atoms with van der Waals surface area (Å²) in [7, 11) is 6.07. The molecule has 0 aromatic carbocycles. The van der Waals surface area contributed by atoms with Gasteiger partial charge in [-0.25, -0.2) is 0 Å². The van der Waals surface area contributed by atoms with E-state index in [0.29, 0.717) is 0 Å². The van der Waals surface area contributed by atoms with Gasteiger partial charge in [-0.1, -0.05) is 0 Å². The normalized spacial score (nSPS) is 11.4. The minimum Gasteiger partial charge on any atom is -0.379 e. The lowest BCUT2D eigenvalue weighted by molar-refractivity contribution is 0.119. The van der Waals surface area contributed by atoms with Gasteiger partial charge >= 0.3 is 0 Å². The highest BCUT2D eigenvalue weighted by Gasteiger charge is 2.00. The molecule has 0 saturated heterocycles. The first-order valence-corrected chi connectivity index (χ1v) is 6.02. The molecule has 5 nitrogen and oxygen atoms in total. The van der Waals surface area contributed by atoms with Crippen molar-refractivity contribution in [3.63, 3.8) is 0 Å². The molecule has 0 saturated carbocycles. The second-order valence-corrected chi connectivity index (χ2v) is 4.49. The molecule has 17 heavy (non-hydrogen) atoms. The molecule has 0 fully saturated rings. The molecule has 0 aliphatic carbocycles. The quantitative estimate of drug-likeness (QED) is 0.668. The Bertz CT molecular complexity index is 322. The van der Waals surface area contributed by atoms with Crippen molar-refractivity contribution in [3.05, 3.63) is 17.5 Å².